The quantitative estimate of drug-likeness (QED) is 0.0603. The van der Waals surface area contributed by atoms with Crippen molar-refractivity contribution in [1.82, 2.24) is 0 Å². The zero-order valence-corrected chi connectivity index (χ0v) is 25.5. The normalized spacial score (nSPS) is 16.0. The van der Waals surface area contributed by atoms with Gasteiger partial charge in [-0.25, -0.2) is 4.99 Å². The van der Waals surface area contributed by atoms with Gasteiger partial charge in [0.1, 0.15) is 19.5 Å². The molecule has 12 nitrogen and oxygen atoms in total. The summed E-state index contributed by atoms with van der Waals surface area (Å²) in [6, 6.07) is 17.5. The first-order valence-corrected chi connectivity index (χ1v) is 16.3. The van der Waals surface area contributed by atoms with Crippen LogP contribution < -0.4 is 17.2 Å². The first-order chi connectivity index (χ1) is 19.9. The van der Waals surface area contributed by atoms with Gasteiger partial charge in [-0.1, -0.05) is 36.0 Å². The summed E-state index contributed by atoms with van der Waals surface area (Å²) in [7, 11) is -4.45. The molecule has 1 heterocycles. The van der Waals surface area contributed by atoms with Crippen molar-refractivity contribution in [3.63, 3.8) is 0 Å². The van der Waals surface area contributed by atoms with Gasteiger partial charge in [-0.2, -0.15) is 12.7 Å². The topological polar surface area (TPSA) is 204 Å². The SMILES string of the molecule is CSC1SC(C(=N)N)=CC1=[N+](OSc1cccc(-c2ccc(N=C(N)N)cc2C)c1)S(=O)(=O)c1cccc([N+](=O)[O-])c1. The molecule has 16 heteroatoms. The van der Waals surface area contributed by atoms with Crippen molar-refractivity contribution in [3.8, 4) is 11.1 Å². The van der Waals surface area contributed by atoms with Gasteiger partial charge in [0.25, 0.3) is 11.4 Å². The van der Waals surface area contributed by atoms with E-state index in [-0.39, 0.29) is 28.1 Å². The summed E-state index contributed by atoms with van der Waals surface area (Å²) >= 11 is 3.34. The molecule has 3 aromatic carbocycles. The summed E-state index contributed by atoms with van der Waals surface area (Å²) in [6.45, 7) is 1.92. The Hall–Kier alpha value is -3.99. The van der Waals surface area contributed by atoms with Crippen molar-refractivity contribution in [1.29, 1.82) is 5.41 Å². The third kappa shape index (κ3) is 6.89. The number of allylic oxidation sites excluding steroid dienone is 1. The highest BCUT2D eigenvalue weighted by Gasteiger charge is 2.43. The summed E-state index contributed by atoms with van der Waals surface area (Å²) in [5, 5.41) is 19.2. The van der Waals surface area contributed by atoms with Crippen molar-refractivity contribution in [2.45, 2.75) is 21.3 Å². The van der Waals surface area contributed by atoms with E-state index in [9.17, 15) is 18.5 Å². The van der Waals surface area contributed by atoms with E-state index in [1.807, 2.05) is 31.2 Å². The monoisotopic (exact) mass is 644 g/mol. The molecule has 0 saturated carbocycles. The molecule has 42 heavy (non-hydrogen) atoms. The van der Waals surface area contributed by atoms with Crippen molar-refractivity contribution in [2.75, 3.05) is 6.26 Å². The molecule has 1 aliphatic heterocycles. The van der Waals surface area contributed by atoms with E-state index < -0.39 is 19.5 Å². The van der Waals surface area contributed by atoms with Crippen LogP contribution in [0, 0.1) is 22.4 Å². The molecular weight excluding hydrogens is 619 g/mol. The smallest absolute Gasteiger partial charge is 0.383 e. The van der Waals surface area contributed by atoms with E-state index in [2.05, 4.69) is 4.99 Å². The Bertz CT molecular complexity index is 1770. The molecule has 218 valence electrons. The molecule has 0 amide bonds. The zero-order valence-electron chi connectivity index (χ0n) is 22.3. The predicted octanol–water partition coefficient (Wildman–Crippen LogP) is 4.51. The Kier molecular flexibility index (Phi) is 9.50. The fourth-order valence-electron chi connectivity index (χ4n) is 3.92. The Morgan fingerprint density at radius 2 is 1.83 bits per heavy atom. The van der Waals surface area contributed by atoms with E-state index in [1.165, 1.54) is 47.8 Å². The van der Waals surface area contributed by atoms with Crippen molar-refractivity contribution >= 4 is 74.5 Å². The number of sulfonamides is 1. The first-order valence-electron chi connectivity index (χ1n) is 12.0. The number of aliphatic imine (C=N–C) groups is 1. The van der Waals surface area contributed by atoms with Crippen LogP contribution in [0.3, 0.4) is 0 Å². The van der Waals surface area contributed by atoms with Crippen LogP contribution >= 0.6 is 35.6 Å². The van der Waals surface area contributed by atoms with Crippen LogP contribution in [-0.4, -0.2) is 45.8 Å². The van der Waals surface area contributed by atoms with E-state index >= 15 is 0 Å². The summed E-state index contributed by atoms with van der Waals surface area (Å²) in [5.41, 5.74) is 19.8. The second kappa shape index (κ2) is 12.9. The maximum absolute atomic E-state index is 13.9. The van der Waals surface area contributed by atoms with Crippen LogP contribution in [0.2, 0.25) is 0 Å². The predicted molar refractivity (Wildman–Crippen MR) is 169 cm³/mol. The number of nitro benzene ring substituents is 1. The number of aryl methyl sites for hydroxylation is 1. The minimum atomic E-state index is -4.45. The van der Waals surface area contributed by atoms with E-state index in [4.69, 9.17) is 26.9 Å². The van der Waals surface area contributed by atoms with Gasteiger partial charge in [-0.05, 0) is 60.2 Å². The third-order valence-corrected chi connectivity index (χ3v) is 10.7. The van der Waals surface area contributed by atoms with Crippen LogP contribution in [0.25, 0.3) is 11.1 Å². The second-order valence-corrected chi connectivity index (χ2v) is 13.7. The molecule has 0 aromatic heterocycles. The van der Waals surface area contributed by atoms with Crippen LogP contribution in [0.1, 0.15) is 5.56 Å². The average Bonchev–Trinajstić information content (AvgIpc) is 3.37. The van der Waals surface area contributed by atoms with Gasteiger partial charge < -0.3 is 17.2 Å². The number of rotatable bonds is 10. The van der Waals surface area contributed by atoms with E-state index in [1.54, 1.807) is 24.5 Å². The van der Waals surface area contributed by atoms with Gasteiger partial charge in [-0.3, -0.25) is 15.5 Å². The van der Waals surface area contributed by atoms with Gasteiger partial charge in [0.2, 0.25) is 0 Å². The molecule has 0 aliphatic carbocycles. The van der Waals surface area contributed by atoms with Crippen LogP contribution in [0.4, 0.5) is 11.4 Å². The number of thioether (sulfide) groups is 2. The Morgan fingerprint density at radius 3 is 2.48 bits per heavy atom. The van der Waals surface area contributed by atoms with Crippen LogP contribution in [0.15, 0.2) is 92.5 Å². The first kappa shape index (κ1) is 31.0. The molecule has 0 bridgehead atoms. The summed E-state index contributed by atoms with van der Waals surface area (Å²) in [6.07, 6.45) is 3.26. The summed E-state index contributed by atoms with van der Waals surface area (Å²) in [5.74, 6) is -0.266. The van der Waals surface area contributed by atoms with Gasteiger partial charge in [-0.15, -0.1) is 11.8 Å². The molecule has 0 spiro atoms. The molecule has 0 radical (unpaired) electrons. The number of hydrogen-bond acceptors (Lipinski definition) is 10. The van der Waals surface area contributed by atoms with Gasteiger partial charge >= 0.3 is 10.0 Å². The second-order valence-electron chi connectivity index (χ2n) is 8.74. The molecule has 1 unspecified atom stereocenters. The highest BCUT2D eigenvalue weighted by molar-refractivity contribution is 8.20. The summed E-state index contributed by atoms with van der Waals surface area (Å²) < 4.78 is 33.9. The van der Waals surface area contributed by atoms with E-state index in [0.29, 0.717) is 15.5 Å². The molecule has 4 rings (SSSR count). The molecule has 7 N–H and O–H groups in total. The number of amidine groups is 1. The fourth-order valence-corrected chi connectivity index (χ4v) is 8.09. The minimum absolute atomic E-state index is 0.0465. The highest BCUT2D eigenvalue weighted by atomic mass is 32.2. The molecule has 1 aliphatic rings. The largest absolute Gasteiger partial charge is 0.440 e. The lowest BCUT2D eigenvalue weighted by molar-refractivity contribution is -0.617. The lowest BCUT2D eigenvalue weighted by Gasteiger charge is -2.10. The standard InChI is InChI=1S/C26H26N7O5S4/c1-15-11-17(31-26(29)30)9-10-21(15)16-5-3-7-19(12-16)41-38-33(22-14-23(24(27)28)40-25(22)39-2)42(36,37)20-8-4-6-18(13-20)32(34)35/h3-14,25H,1-2H3,(H3,27,28)(H4,29,30,31)/q+1. The van der Waals surface area contributed by atoms with Crippen molar-refractivity contribution < 1.29 is 21.8 Å². The number of nitro groups is 1. The Balaban J connectivity index is 1.75. The fraction of sp³-hybridized carbons (Fsp3) is 0.115. The average molecular weight is 645 g/mol. The van der Waals surface area contributed by atoms with Gasteiger partial charge in [0, 0.05) is 18.2 Å². The zero-order chi connectivity index (χ0) is 30.6. The Labute approximate surface area is 255 Å². The highest BCUT2D eigenvalue weighted by Crippen LogP contribution is 2.38. The van der Waals surface area contributed by atoms with Crippen LogP contribution in [-0.2, 0) is 14.3 Å². The van der Waals surface area contributed by atoms with Crippen molar-refractivity contribution in [3.05, 3.63) is 93.4 Å². The number of nitrogens with zero attached hydrogens (tertiary/aromatic N) is 3. The number of non-ortho nitro benzene ring substituents is 1. The lowest BCUT2D eigenvalue weighted by atomic mass is 10.0. The van der Waals surface area contributed by atoms with Gasteiger partial charge in [0.15, 0.2) is 18.0 Å². The van der Waals surface area contributed by atoms with Gasteiger partial charge in [0.05, 0.1) is 20.4 Å². The molecule has 0 saturated heterocycles. The number of benzene rings is 3. The molecule has 3 aromatic rings. The number of guanidine groups is 1. The Morgan fingerprint density at radius 1 is 1.10 bits per heavy atom. The van der Waals surface area contributed by atoms with Crippen LogP contribution in [0.5, 0.6) is 0 Å². The van der Waals surface area contributed by atoms with E-state index in [0.717, 1.165) is 38.9 Å². The van der Waals surface area contributed by atoms with Crippen molar-refractivity contribution in [2.24, 2.45) is 22.2 Å². The maximum atomic E-state index is 13.9. The minimum Gasteiger partial charge on any atom is -0.383 e. The molecule has 1 atom stereocenters. The maximum Gasteiger partial charge on any atom is 0.440 e. The molecule has 0 fully saturated rings. The third-order valence-electron chi connectivity index (χ3n) is 5.80. The summed E-state index contributed by atoms with van der Waals surface area (Å²) in [4.78, 5) is 15.4. The number of nitrogens with two attached hydrogens (primary N) is 3. The number of hydrogen-bond donors (Lipinski definition) is 4. The number of nitrogens with one attached hydrogen (secondary N) is 1. The lowest BCUT2D eigenvalue weighted by Crippen LogP contribution is -2.29. The molecular formula is C26H26N7O5S4+.